The lowest BCUT2D eigenvalue weighted by Gasteiger charge is -2.11. The van der Waals surface area contributed by atoms with Crippen molar-refractivity contribution in [2.24, 2.45) is 0 Å². The van der Waals surface area contributed by atoms with E-state index in [4.69, 9.17) is 9.84 Å². The third-order valence-corrected chi connectivity index (χ3v) is 5.88. The second-order valence-corrected chi connectivity index (χ2v) is 8.50. The molecule has 0 aliphatic heterocycles. The minimum atomic E-state index is 0.0289. The number of aryl methyl sites for hydroxylation is 1. The molecule has 0 spiro atoms. The van der Waals surface area contributed by atoms with E-state index >= 15 is 0 Å². The Morgan fingerprint density at radius 1 is 1.19 bits per heavy atom. The number of fused-ring (bicyclic) bond motifs is 1. The Balaban J connectivity index is 0.000000491. The standard InChI is InChI=1S/C21H19N3OS.C3H9NO/c1-13(2)25-19-10-9-15(11-16(19)12-22)20-23-24-21(26-20)18-8-4-6-14-5-3-7-17(14)18;1-4-2-3-5/h4,6,8-11,13H,3,5,7H2,1-2H3;4-5H,2-3H2,1H3. The van der Waals surface area contributed by atoms with Gasteiger partial charge in [0.05, 0.1) is 18.3 Å². The molecule has 0 saturated carbocycles. The van der Waals surface area contributed by atoms with E-state index in [9.17, 15) is 5.26 Å². The molecule has 0 radical (unpaired) electrons. The SMILES string of the molecule is CC(C)Oc1ccc(-c2nnc(-c3cccc4c3CCC4)s2)cc1C#N.CNCCO. The first-order chi connectivity index (χ1) is 15.1. The monoisotopic (exact) mass is 436 g/mol. The number of nitrogens with one attached hydrogen (secondary N) is 1. The van der Waals surface area contributed by atoms with Crippen molar-refractivity contribution in [3.63, 3.8) is 0 Å². The van der Waals surface area contributed by atoms with Gasteiger partial charge < -0.3 is 15.2 Å². The molecule has 6 nitrogen and oxygen atoms in total. The molecule has 1 heterocycles. The Bertz CT molecular complexity index is 1050. The van der Waals surface area contributed by atoms with Gasteiger partial charge in [-0.05, 0) is 69.5 Å². The van der Waals surface area contributed by atoms with Crippen LogP contribution in [0.1, 0.15) is 37.0 Å². The van der Waals surface area contributed by atoms with Gasteiger partial charge in [0, 0.05) is 17.7 Å². The van der Waals surface area contributed by atoms with E-state index < -0.39 is 0 Å². The molecule has 1 aliphatic rings. The van der Waals surface area contributed by atoms with Crippen molar-refractivity contribution in [2.45, 2.75) is 39.2 Å². The highest BCUT2D eigenvalue weighted by Crippen LogP contribution is 2.37. The highest BCUT2D eigenvalue weighted by molar-refractivity contribution is 7.17. The first-order valence-corrected chi connectivity index (χ1v) is 11.3. The molecule has 0 saturated heterocycles. The largest absolute Gasteiger partial charge is 0.490 e. The summed E-state index contributed by atoms with van der Waals surface area (Å²) in [6.45, 7) is 4.82. The van der Waals surface area contributed by atoms with Crippen molar-refractivity contribution in [2.75, 3.05) is 20.2 Å². The van der Waals surface area contributed by atoms with E-state index in [0.717, 1.165) is 28.4 Å². The molecular weight excluding hydrogens is 408 g/mol. The fourth-order valence-electron chi connectivity index (χ4n) is 3.49. The fourth-order valence-corrected chi connectivity index (χ4v) is 4.38. The average molecular weight is 437 g/mol. The summed E-state index contributed by atoms with van der Waals surface area (Å²) in [6, 6.07) is 14.3. The maximum absolute atomic E-state index is 9.43. The molecule has 1 aliphatic carbocycles. The Kier molecular flexibility index (Phi) is 8.13. The van der Waals surface area contributed by atoms with Crippen molar-refractivity contribution < 1.29 is 9.84 Å². The van der Waals surface area contributed by atoms with E-state index in [-0.39, 0.29) is 12.7 Å². The van der Waals surface area contributed by atoms with Crippen LogP contribution in [0, 0.1) is 11.3 Å². The zero-order valence-electron chi connectivity index (χ0n) is 18.2. The molecule has 4 rings (SSSR count). The summed E-state index contributed by atoms with van der Waals surface area (Å²) in [5.74, 6) is 0.608. The quantitative estimate of drug-likeness (QED) is 0.601. The van der Waals surface area contributed by atoms with Crippen molar-refractivity contribution in [3.8, 4) is 33.0 Å². The van der Waals surface area contributed by atoms with Crippen LogP contribution in [-0.2, 0) is 12.8 Å². The summed E-state index contributed by atoms with van der Waals surface area (Å²) in [7, 11) is 1.80. The van der Waals surface area contributed by atoms with E-state index in [0.29, 0.717) is 17.9 Å². The normalized spacial score (nSPS) is 12.1. The van der Waals surface area contributed by atoms with Crippen LogP contribution in [0.5, 0.6) is 5.75 Å². The Labute approximate surface area is 187 Å². The van der Waals surface area contributed by atoms with Gasteiger partial charge in [0.15, 0.2) is 0 Å². The minimum Gasteiger partial charge on any atom is -0.490 e. The molecule has 2 aromatic carbocycles. The highest BCUT2D eigenvalue weighted by Gasteiger charge is 2.18. The molecule has 162 valence electrons. The van der Waals surface area contributed by atoms with E-state index in [1.165, 1.54) is 23.1 Å². The molecule has 7 heteroatoms. The van der Waals surface area contributed by atoms with Crippen LogP contribution in [-0.4, -0.2) is 41.6 Å². The van der Waals surface area contributed by atoms with Crippen LogP contribution in [0.25, 0.3) is 21.1 Å². The molecule has 0 unspecified atom stereocenters. The van der Waals surface area contributed by atoms with Gasteiger partial charge in [0.25, 0.3) is 0 Å². The Morgan fingerprint density at radius 3 is 2.68 bits per heavy atom. The summed E-state index contributed by atoms with van der Waals surface area (Å²) < 4.78 is 5.70. The van der Waals surface area contributed by atoms with Crippen molar-refractivity contribution in [1.82, 2.24) is 15.5 Å². The zero-order valence-corrected chi connectivity index (χ0v) is 19.0. The van der Waals surface area contributed by atoms with Crippen molar-refractivity contribution >= 4 is 11.3 Å². The molecule has 0 atom stereocenters. The zero-order chi connectivity index (χ0) is 22.2. The van der Waals surface area contributed by atoms with Gasteiger partial charge in [-0.3, -0.25) is 0 Å². The highest BCUT2D eigenvalue weighted by atomic mass is 32.1. The number of aliphatic hydroxyl groups is 1. The van der Waals surface area contributed by atoms with Gasteiger partial charge in [0.2, 0.25) is 0 Å². The average Bonchev–Trinajstić information content (AvgIpc) is 3.44. The molecule has 0 bridgehead atoms. The number of ether oxygens (including phenoxy) is 1. The number of nitrogens with zero attached hydrogens (tertiary/aromatic N) is 3. The number of rotatable bonds is 6. The van der Waals surface area contributed by atoms with Gasteiger partial charge in [-0.1, -0.05) is 29.5 Å². The van der Waals surface area contributed by atoms with Gasteiger partial charge in [0.1, 0.15) is 21.8 Å². The van der Waals surface area contributed by atoms with E-state index in [1.54, 1.807) is 18.4 Å². The number of nitriles is 1. The van der Waals surface area contributed by atoms with Crippen molar-refractivity contribution in [1.29, 1.82) is 5.26 Å². The second-order valence-electron chi connectivity index (χ2n) is 7.53. The van der Waals surface area contributed by atoms with Crippen LogP contribution in [0.2, 0.25) is 0 Å². The number of hydrogen-bond donors (Lipinski definition) is 2. The molecule has 0 fully saturated rings. The Hall–Kier alpha value is -2.79. The topological polar surface area (TPSA) is 91.1 Å². The number of aromatic nitrogens is 2. The lowest BCUT2D eigenvalue weighted by atomic mass is 10.0. The van der Waals surface area contributed by atoms with Gasteiger partial charge in [-0.15, -0.1) is 10.2 Å². The van der Waals surface area contributed by atoms with Gasteiger partial charge in [-0.25, -0.2) is 0 Å². The summed E-state index contributed by atoms with van der Waals surface area (Å²) in [5, 5.41) is 30.8. The van der Waals surface area contributed by atoms with Crippen LogP contribution >= 0.6 is 11.3 Å². The summed E-state index contributed by atoms with van der Waals surface area (Å²) in [6.07, 6.45) is 3.50. The van der Waals surface area contributed by atoms with Crippen molar-refractivity contribution in [3.05, 3.63) is 53.1 Å². The first kappa shape index (κ1) is 22.9. The van der Waals surface area contributed by atoms with Gasteiger partial charge in [-0.2, -0.15) is 5.26 Å². The molecule has 1 aromatic heterocycles. The summed E-state index contributed by atoms with van der Waals surface area (Å²) in [4.78, 5) is 0. The fraction of sp³-hybridized carbons (Fsp3) is 0.375. The minimum absolute atomic E-state index is 0.0289. The maximum atomic E-state index is 9.43. The number of likely N-dealkylation sites (N-methyl/N-ethyl adjacent to an activating group) is 1. The van der Waals surface area contributed by atoms with Crippen LogP contribution < -0.4 is 10.1 Å². The maximum Gasteiger partial charge on any atom is 0.148 e. The molecule has 2 N–H and O–H groups in total. The molecule has 31 heavy (non-hydrogen) atoms. The number of benzene rings is 2. The smallest absolute Gasteiger partial charge is 0.148 e. The molecular formula is C24H28N4O2S. The van der Waals surface area contributed by atoms with Crippen LogP contribution in [0.15, 0.2) is 36.4 Å². The summed E-state index contributed by atoms with van der Waals surface area (Å²) >= 11 is 1.57. The summed E-state index contributed by atoms with van der Waals surface area (Å²) in [5.41, 5.74) is 5.46. The molecule has 3 aromatic rings. The predicted octanol–water partition coefficient (Wildman–Crippen LogP) is 4.22. The van der Waals surface area contributed by atoms with Crippen LogP contribution in [0.3, 0.4) is 0 Å². The lowest BCUT2D eigenvalue weighted by molar-refractivity contribution is 0.242. The lowest BCUT2D eigenvalue weighted by Crippen LogP contribution is -2.10. The number of aliphatic hydroxyl groups excluding tert-OH is 1. The van der Waals surface area contributed by atoms with Gasteiger partial charge >= 0.3 is 0 Å². The van der Waals surface area contributed by atoms with Crippen LogP contribution in [0.4, 0.5) is 0 Å². The molecule has 0 amide bonds. The number of hydrogen-bond acceptors (Lipinski definition) is 7. The third-order valence-electron chi connectivity index (χ3n) is 4.87. The van der Waals surface area contributed by atoms with E-state index in [1.807, 2.05) is 32.0 Å². The van der Waals surface area contributed by atoms with E-state index in [2.05, 4.69) is 39.8 Å². The first-order valence-electron chi connectivity index (χ1n) is 10.5. The second kappa shape index (κ2) is 11.0. The Morgan fingerprint density at radius 2 is 2.00 bits per heavy atom. The third kappa shape index (κ3) is 5.67. The predicted molar refractivity (Wildman–Crippen MR) is 124 cm³/mol.